The van der Waals surface area contributed by atoms with E-state index in [1.807, 2.05) is 12.1 Å². The lowest BCUT2D eigenvalue weighted by molar-refractivity contribution is 1.08. The quantitative estimate of drug-likeness (QED) is 0.736. The van der Waals surface area contributed by atoms with Gasteiger partial charge in [0.25, 0.3) is 0 Å². The summed E-state index contributed by atoms with van der Waals surface area (Å²) in [5.41, 5.74) is 10.3. The molecule has 0 amide bonds. The Bertz CT molecular complexity index is 701. The molecule has 0 atom stereocenters. The third-order valence-corrected chi connectivity index (χ3v) is 3.55. The highest BCUT2D eigenvalue weighted by Gasteiger charge is 2.04. The zero-order valence-corrected chi connectivity index (χ0v) is 11.4. The molecule has 18 heavy (non-hydrogen) atoms. The van der Waals surface area contributed by atoms with Gasteiger partial charge < -0.3 is 10.7 Å². The average Bonchev–Trinajstić information content (AvgIpc) is 2.81. The Hall–Kier alpha value is -1.58. The Morgan fingerprint density at radius 2 is 1.94 bits per heavy atom. The average molecular weight is 301 g/mol. The van der Waals surface area contributed by atoms with Crippen LogP contribution >= 0.6 is 15.9 Å². The molecule has 0 aliphatic heterocycles. The SMILES string of the molecule is NCc1ccc2[nH]c(-c3cccc(Br)c3)cc2c1. The molecule has 2 aromatic carbocycles. The van der Waals surface area contributed by atoms with Crippen LogP contribution in [-0.2, 0) is 6.54 Å². The Labute approximate surface area is 114 Å². The van der Waals surface area contributed by atoms with Crippen molar-refractivity contribution in [1.82, 2.24) is 4.98 Å². The predicted molar refractivity (Wildman–Crippen MR) is 79.3 cm³/mol. The van der Waals surface area contributed by atoms with Crippen molar-refractivity contribution in [2.24, 2.45) is 5.73 Å². The van der Waals surface area contributed by atoms with E-state index in [0.29, 0.717) is 6.54 Å². The Morgan fingerprint density at radius 1 is 1.06 bits per heavy atom. The van der Waals surface area contributed by atoms with Gasteiger partial charge in [0, 0.05) is 27.6 Å². The molecule has 0 radical (unpaired) electrons. The molecule has 3 heteroatoms. The summed E-state index contributed by atoms with van der Waals surface area (Å²) >= 11 is 3.50. The van der Waals surface area contributed by atoms with E-state index in [9.17, 15) is 0 Å². The zero-order valence-electron chi connectivity index (χ0n) is 9.78. The maximum Gasteiger partial charge on any atom is 0.0465 e. The molecule has 0 saturated heterocycles. The number of hydrogen-bond donors (Lipinski definition) is 2. The normalized spacial score (nSPS) is 11.0. The van der Waals surface area contributed by atoms with E-state index in [1.54, 1.807) is 0 Å². The smallest absolute Gasteiger partial charge is 0.0465 e. The summed E-state index contributed by atoms with van der Waals surface area (Å²) in [6.07, 6.45) is 0. The molecule has 3 rings (SSSR count). The van der Waals surface area contributed by atoms with Crippen LogP contribution in [0.4, 0.5) is 0 Å². The van der Waals surface area contributed by atoms with Gasteiger partial charge in [0.15, 0.2) is 0 Å². The van der Waals surface area contributed by atoms with Gasteiger partial charge in [-0.05, 0) is 41.5 Å². The Balaban J connectivity index is 2.13. The van der Waals surface area contributed by atoms with Gasteiger partial charge >= 0.3 is 0 Å². The fourth-order valence-electron chi connectivity index (χ4n) is 2.12. The third kappa shape index (κ3) is 2.07. The number of nitrogens with one attached hydrogen (secondary N) is 1. The number of hydrogen-bond acceptors (Lipinski definition) is 1. The summed E-state index contributed by atoms with van der Waals surface area (Å²) in [7, 11) is 0. The van der Waals surface area contributed by atoms with E-state index < -0.39 is 0 Å². The molecular formula is C15H13BrN2. The minimum atomic E-state index is 0.577. The lowest BCUT2D eigenvalue weighted by atomic mass is 10.1. The maximum absolute atomic E-state index is 5.66. The van der Waals surface area contributed by atoms with Crippen molar-refractivity contribution >= 4 is 26.8 Å². The highest BCUT2D eigenvalue weighted by atomic mass is 79.9. The van der Waals surface area contributed by atoms with Crippen LogP contribution in [0.15, 0.2) is 53.0 Å². The second-order valence-corrected chi connectivity index (χ2v) is 5.23. The summed E-state index contributed by atoms with van der Waals surface area (Å²) in [4.78, 5) is 3.43. The van der Waals surface area contributed by atoms with Crippen molar-refractivity contribution in [3.63, 3.8) is 0 Å². The monoisotopic (exact) mass is 300 g/mol. The Morgan fingerprint density at radius 3 is 2.72 bits per heavy atom. The van der Waals surface area contributed by atoms with E-state index in [1.165, 1.54) is 10.9 Å². The van der Waals surface area contributed by atoms with Crippen LogP contribution in [0.25, 0.3) is 22.2 Å². The zero-order chi connectivity index (χ0) is 12.5. The summed E-state index contributed by atoms with van der Waals surface area (Å²) < 4.78 is 1.08. The number of fused-ring (bicyclic) bond motifs is 1. The van der Waals surface area contributed by atoms with Gasteiger partial charge in [-0.15, -0.1) is 0 Å². The number of rotatable bonds is 2. The summed E-state index contributed by atoms with van der Waals surface area (Å²) in [6.45, 7) is 0.577. The fraction of sp³-hybridized carbons (Fsp3) is 0.0667. The van der Waals surface area contributed by atoms with Crippen LogP contribution in [0.3, 0.4) is 0 Å². The molecule has 0 unspecified atom stereocenters. The predicted octanol–water partition coefficient (Wildman–Crippen LogP) is 4.06. The van der Waals surface area contributed by atoms with Gasteiger partial charge in [0.2, 0.25) is 0 Å². The van der Waals surface area contributed by atoms with Gasteiger partial charge in [-0.25, -0.2) is 0 Å². The first-order valence-corrected chi connectivity index (χ1v) is 6.63. The second-order valence-electron chi connectivity index (χ2n) is 4.32. The number of halogens is 1. The van der Waals surface area contributed by atoms with Gasteiger partial charge in [0.05, 0.1) is 0 Å². The number of aromatic amines is 1. The number of aromatic nitrogens is 1. The molecule has 0 bridgehead atoms. The molecule has 90 valence electrons. The van der Waals surface area contributed by atoms with Crippen molar-refractivity contribution in [2.75, 3.05) is 0 Å². The largest absolute Gasteiger partial charge is 0.355 e. The molecule has 0 fully saturated rings. The second kappa shape index (κ2) is 4.59. The minimum Gasteiger partial charge on any atom is -0.355 e. The molecule has 2 nitrogen and oxygen atoms in total. The first-order chi connectivity index (χ1) is 8.76. The minimum absolute atomic E-state index is 0.577. The molecule has 0 aliphatic carbocycles. The molecule has 0 aliphatic rings. The van der Waals surface area contributed by atoms with Crippen molar-refractivity contribution in [2.45, 2.75) is 6.54 Å². The van der Waals surface area contributed by atoms with Crippen LogP contribution in [0.2, 0.25) is 0 Å². The lowest BCUT2D eigenvalue weighted by Crippen LogP contribution is -1.94. The molecule has 3 N–H and O–H groups in total. The van der Waals surface area contributed by atoms with E-state index in [0.717, 1.165) is 21.2 Å². The molecule has 1 aromatic heterocycles. The van der Waals surface area contributed by atoms with Crippen LogP contribution in [0.5, 0.6) is 0 Å². The molecular weight excluding hydrogens is 288 g/mol. The Kier molecular flexibility index (Phi) is 2.94. The van der Waals surface area contributed by atoms with Crippen molar-refractivity contribution in [1.29, 1.82) is 0 Å². The summed E-state index contributed by atoms with van der Waals surface area (Å²) in [5, 5.41) is 1.20. The van der Waals surface area contributed by atoms with E-state index >= 15 is 0 Å². The molecule has 3 aromatic rings. The van der Waals surface area contributed by atoms with Gasteiger partial charge in [-0.1, -0.05) is 34.1 Å². The third-order valence-electron chi connectivity index (χ3n) is 3.06. The highest BCUT2D eigenvalue weighted by molar-refractivity contribution is 9.10. The van der Waals surface area contributed by atoms with Gasteiger partial charge in [0.1, 0.15) is 0 Å². The molecule has 1 heterocycles. The van der Waals surface area contributed by atoms with Crippen LogP contribution in [-0.4, -0.2) is 4.98 Å². The van der Waals surface area contributed by atoms with Crippen molar-refractivity contribution in [3.05, 3.63) is 58.6 Å². The topological polar surface area (TPSA) is 41.8 Å². The number of benzene rings is 2. The fourth-order valence-corrected chi connectivity index (χ4v) is 2.52. The van der Waals surface area contributed by atoms with E-state index in [4.69, 9.17) is 5.73 Å². The van der Waals surface area contributed by atoms with Gasteiger partial charge in [-0.2, -0.15) is 0 Å². The first kappa shape index (κ1) is 11.5. The number of H-pyrrole nitrogens is 1. The standard InChI is InChI=1S/C15H13BrN2/c16-13-3-1-2-11(7-13)15-8-12-6-10(9-17)4-5-14(12)18-15/h1-8,18H,9,17H2. The van der Waals surface area contributed by atoms with Crippen LogP contribution in [0.1, 0.15) is 5.56 Å². The van der Waals surface area contributed by atoms with E-state index in [2.05, 4.69) is 57.3 Å². The highest BCUT2D eigenvalue weighted by Crippen LogP contribution is 2.26. The first-order valence-electron chi connectivity index (χ1n) is 5.84. The maximum atomic E-state index is 5.66. The van der Waals surface area contributed by atoms with Crippen LogP contribution in [0, 0.1) is 0 Å². The van der Waals surface area contributed by atoms with Crippen molar-refractivity contribution in [3.8, 4) is 11.3 Å². The summed E-state index contributed by atoms with van der Waals surface area (Å²) in [5.74, 6) is 0. The van der Waals surface area contributed by atoms with Crippen molar-refractivity contribution < 1.29 is 0 Å². The lowest BCUT2D eigenvalue weighted by Gasteiger charge is -1.97. The summed E-state index contributed by atoms with van der Waals surface area (Å²) in [6, 6.07) is 16.7. The van der Waals surface area contributed by atoms with Gasteiger partial charge in [-0.3, -0.25) is 0 Å². The van der Waals surface area contributed by atoms with Crippen LogP contribution < -0.4 is 5.73 Å². The molecule has 0 spiro atoms. The van der Waals surface area contributed by atoms with E-state index in [-0.39, 0.29) is 0 Å². The molecule has 0 saturated carbocycles. The number of nitrogens with two attached hydrogens (primary N) is 1.